The van der Waals surface area contributed by atoms with Crippen molar-refractivity contribution in [1.29, 1.82) is 0 Å². The second kappa shape index (κ2) is 56.4. The van der Waals surface area contributed by atoms with E-state index in [0.717, 1.165) is 44.9 Å². The van der Waals surface area contributed by atoms with Crippen LogP contribution in [0.4, 0.5) is 0 Å². The van der Waals surface area contributed by atoms with Gasteiger partial charge >= 0.3 is 0 Å². The summed E-state index contributed by atoms with van der Waals surface area (Å²) in [6.45, 7) is 3.79. The van der Waals surface area contributed by atoms with Crippen molar-refractivity contribution < 1.29 is 39.8 Å². The average molecular weight is 1070 g/mol. The summed E-state index contributed by atoms with van der Waals surface area (Å²) in [4.78, 5) is 13.1. The number of unbranched alkanes of at least 4 members (excludes halogenated alkanes) is 41. The molecule has 1 saturated heterocycles. The third kappa shape index (κ3) is 44.9. The molecule has 9 heteroatoms. The largest absolute Gasteiger partial charge is 0.394 e. The Morgan fingerprint density at radius 1 is 0.434 bits per heavy atom. The minimum absolute atomic E-state index is 0.187. The Kier molecular flexibility index (Phi) is 53.6. The highest BCUT2D eigenvalue weighted by atomic mass is 16.7. The predicted molar refractivity (Wildman–Crippen MR) is 323 cm³/mol. The molecule has 76 heavy (non-hydrogen) atoms. The summed E-state index contributed by atoms with van der Waals surface area (Å²) in [6, 6.07) is -0.828. The van der Waals surface area contributed by atoms with Crippen LogP contribution in [0.3, 0.4) is 0 Å². The van der Waals surface area contributed by atoms with Crippen molar-refractivity contribution in [2.45, 2.75) is 358 Å². The smallest absolute Gasteiger partial charge is 0.220 e. The van der Waals surface area contributed by atoms with Crippen molar-refractivity contribution in [2.24, 2.45) is 0 Å². The molecule has 0 aromatic rings. The van der Waals surface area contributed by atoms with E-state index in [0.29, 0.717) is 6.42 Å². The van der Waals surface area contributed by atoms with Crippen molar-refractivity contribution in [1.82, 2.24) is 5.32 Å². The molecule has 0 spiro atoms. The van der Waals surface area contributed by atoms with Gasteiger partial charge in [-0.05, 0) is 70.6 Å². The van der Waals surface area contributed by atoms with Crippen LogP contribution < -0.4 is 5.32 Å². The lowest BCUT2D eigenvalue weighted by atomic mass is 9.99. The fraction of sp³-hybridized carbons (Fsp3) is 0.866. The minimum atomic E-state index is -1.58. The summed E-state index contributed by atoms with van der Waals surface area (Å²) < 4.78 is 11.3. The third-order valence-corrected chi connectivity index (χ3v) is 15.6. The highest BCUT2D eigenvalue weighted by Crippen LogP contribution is 2.23. The van der Waals surface area contributed by atoms with Gasteiger partial charge in [0.05, 0.1) is 25.4 Å². The molecule has 0 saturated carbocycles. The van der Waals surface area contributed by atoms with Gasteiger partial charge in [0.15, 0.2) is 6.29 Å². The Labute approximate surface area is 469 Å². The molecule has 0 bridgehead atoms. The highest BCUT2D eigenvalue weighted by Gasteiger charge is 2.44. The molecule has 0 aromatic carbocycles. The molecule has 7 atom stereocenters. The monoisotopic (exact) mass is 1070 g/mol. The van der Waals surface area contributed by atoms with Crippen molar-refractivity contribution in [3.8, 4) is 0 Å². The van der Waals surface area contributed by atoms with Crippen LogP contribution in [0.5, 0.6) is 0 Å². The Hall–Kier alpha value is -1.85. The lowest BCUT2D eigenvalue weighted by Crippen LogP contribution is -2.60. The van der Waals surface area contributed by atoms with Crippen molar-refractivity contribution in [3.63, 3.8) is 0 Å². The molecular formula is C67H125NO8. The molecule has 0 aliphatic carbocycles. The van der Waals surface area contributed by atoms with Crippen LogP contribution in [0.25, 0.3) is 0 Å². The third-order valence-electron chi connectivity index (χ3n) is 15.6. The zero-order chi connectivity index (χ0) is 55.0. The Morgan fingerprint density at radius 2 is 0.750 bits per heavy atom. The van der Waals surface area contributed by atoms with E-state index in [1.165, 1.54) is 250 Å². The number of allylic oxidation sites excluding steroid dienone is 7. The van der Waals surface area contributed by atoms with E-state index < -0.39 is 49.5 Å². The number of nitrogens with one attached hydrogen (secondary N) is 1. The first kappa shape index (κ1) is 72.2. The second-order valence-electron chi connectivity index (χ2n) is 22.9. The second-order valence-corrected chi connectivity index (χ2v) is 22.9. The van der Waals surface area contributed by atoms with Crippen LogP contribution >= 0.6 is 0 Å². The molecule has 7 unspecified atom stereocenters. The van der Waals surface area contributed by atoms with Gasteiger partial charge in [-0.2, -0.15) is 0 Å². The van der Waals surface area contributed by atoms with Gasteiger partial charge in [0, 0.05) is 6.42 Å². The van der Waals surface area contributed by atoms with E-state index in [4.69, 9.17) is 9.47 Å². The van der Waals surface area contributed by atoms with E-state index in [1.54, 1.807) is 6.08 Å². The Bertz CT molecular complexity index is 1340. The molecule has 1 fully saturated rings. The number of hydrogen-bond acceptors (Lipinski definition) is 8. The summed E-state index contributed by atoms with van der Waals surface area (Å²) in [5.41, 5.74) is 0. The SMILES string of the molecule is CCCCCCCCCC/C=C/CC/C=C/CC/C=C/C(O)C(COC1OC(CO)C(O)C(O)C1O)NC(=O)CCCCCCCCCCCCCCCCCCC/C=C\CCCCCCCCCCCCCCCC. The summed E-state index contributed by atoms with van der Waals surface area (Å²) in [5, 5.41) is 54.6. The summed E-state index contributed by atoms with van der Waals surface area (Å²) in [7, 11) is 0. The standard InChI is InChI=1S/C67H125NO8/c1-3-5-7-9-11-13-15-17-19-21-23-24-25-26-27-28-29-30-31-32-33-34-35-36-37-38-39-41-43-45-47-49-51-53-55-57-63(71)68-60(59-75-67-66(74)65(73)64(72)62(58-69)76-67)61(70)56-54-52-50-48-46-44-42-40-22-20-18-16-14-12-10-8-6-4-2/h22,28-29,40,46,48,54,56,60-62,64-67,69-70,72-74H,3-21,23-27,30-39,41-45,47,49-53,55,57-59H2,1-2H3,(H,68,71)/b29-28-,40-22+,48-46+,56-54+. The van der Waals surface area contributed by atoms with Crippen molar-refractivity contribution in [2.75, 3.05) is 13.2 Å². The Morgan fingerprint density at radius 3 is 1.11 bits per heavy atom. The summed E-state index contributed by atoms with van der Waals surface area (Å²) >= 11 is 0. The molecule has 0 radical (unpaired) electrons. The van der Waals surface area contributed by atoms with E-state index >= 15 is 0 Å². The van der Waals surface area contributed by atoms with Crippen LogP contribution in [0.2, 0.25) is 0 Å². The maximum Gasteiger partial charge on any atom is 0.220 e. The zero-order valence-electron chi connectivity index (χ0n) is 49.8. The number of aliphatic hydroxyl groups excluding tert-OH is 5. The number of hydrogen-bond donors (Lipinski definition) is 6. The number of amides is 1. The first-order valence-corrected chi connectivity index (χ1v) is 32.9. The van der Waals surface area contributed by atoms with Gasteiger partial charge in [-0.1, -0.05) is 287 Å². The van der Waals surface area contributed by atoms with Gasteiger partial charge in [0.25, 0.3) is 0 Å². The number of carbonyl (C=O) groups excluding carboxylic acids is 1. The van der Waals surface area contributed by atoms with Crippen molar-refractivity contribution in [3.05, 3.63) is 48.6 Å². The molecular weight excluding hydrogens is 947 g/mol. The average Bonchev–Trinajstić information content (AvgIpc) is 3.42. The lowest BCUT2D eigenvalue weighted by molar-refractivity contribution is -0.302. The van der Waals surface area contributed by atoms with E-state index in [-0.39, 0.29) is 12.5 Å². The first-order valence-electron chi connectivity index (χ1n) is 32.9. The maximum atomic E-state index is 13.1. The van der Waals surface area contributed by atoms with Gasteiger partial charge in [0.2, 0.25) is 5.91 Å². The molecule has 1 rings (SSSR count). The highest BCUT2D eigenvalue weighted by molar-refractivity contribution is 5.76. The van der Waals surface area contributed by atoms with Gasteiger partial charge in [0.1, 0.15) is 24.4 Å². The molecule has 9 nitrogen and oxygen atoms in total. The minimum Gasteiger partial charge on any atom is -0.394 e. The molecule has 6 N–H and O–H groups in total. The van der Waals surface area contributed by atoms with Gasteiger partial charge in [-0.25, -0.2) is 0 Å². The number of aliphatic hydroxyl groups is 5. The van der Waals surface area contributed by atoms with E-state index in [9.17, 15) is 30.3 Å². The van der Waals surface area contributed by atoms with Crippen LogP contribution in [0.1, 0.15) is 316 Å². The molecule has 1 aliphatic heterocycles. The quantitative estimate of drug-likeness (QED) is 0.0261. The first-order chi connectivity index (χ1) is 37.3. The van der Waals surface area contributed by atoms with Crippen LogP contribution in [-0.4, -0.2) is 87.5 Å². The topological polar surface area (TPSA) is 149 Å². The van der Waals surface area contributed by atoms with Gasteiger partial charge in [-0.3, -0.25) is 4.79 Å². The van der Waals surface area contributed by atoms with E-state index in [2.05, 4.69) is 55.6 Å². The van der Waals surface area contributed by atoms with Crippen molar-refractivity contribution >= 4 is 5.91 Å². The predicted octanol–water partition coefficient (Wildman–Crippen LogP) is 17.2. The van der Waals surface area contributed by atoms with Crippen LogP contribution in [-0.2, 0) is 14.3 Å². The zero-order valence-corrected chi connectivity index (χ0v) is 49.8. The summed E-state index contributed by atoms with van der Waals surface area (Å²) in [6.07, 6.45) is 69.3. The molecule has 1 aliphatic rings. The molecule has 1 amide bonds. The number of ether oxygens (including phenoxy) is 2. The van der Waals surface area contributed by atoms with Crippen LogP contribution in [0, 0.1) is 0 Å². The van der Waals surface area contributed by atoms with Gasteiger partial charge in [-0.15, -0.1) is 0 Å². The van der Waals surface area contributed by atoms with Gasteiger partial charge < -0.3 is 40.3 Å². The Balaban J connectivity index is 2.12. The normalized spacial score (nSPS) is 19.1. The van der Waals surface area contributed by atoms with Crippen LogP contribution in [0.15, 0.2) is 48.6 Å². The molecule has 1 heterocycles. The van der Waals surface area contributed by atoms with E-state index in [1.807, 2.05) is 6.08 Å². The fourth-order valence-electron chi connectivity index (χ4n) is 10.4. The fourth-order valence-corrected chi connectivity index (χ4v) is 10.4. The molecule has 446 valence electrons. The number of carbonyl (C=O) groups is 1. The summed E-state index contributed by atoms with van der Waals surface area (Å²) in [5.74, 6) is -0.187. The maximum absolute atomic E-state index is 13.1. The molecule has 0 aromatic heterocycles. The number of rotatable bonds is 57. The lowest BCUT2D eigenvalue weighted by Gasteiger charge is -2.40.